The van der Waals surface area contributed by atoms with Crippen LogP contribution in [0.3, 0.4) is 0 Å². The summed E-state index contributed by atoms with van der Waals surface area (Å²) in [4.78, 5) is 4.05. The quantitative estimate of drug-likeness (QED) is 0.875. The molecule has 0 unspecified atom stereocenters. The van der Waals surface area contributed by atoms with E-state index in [-0.39, 0.29) is 4.21 Å². The molecule has 19 heavy (non-hydrogen) atoms. The molecular formula is C11H10BrClN2O2S2. The first-order valence-corrected chi connectivity index (χ1v) is 8.67. The second-order valence-electron chi connectivity index (χ2n) is 3.95. The predicted octanol–water partition coefficient (Wildman–Crippen LogP) is 3.98. The van der Waals surface area contributed by atoms with Crippen LogP contribution in [0.25, 0.3) is 0 Å². The molecule has 1 N–H and O–H groups in total. The average molecular weight is 382 g/mol. The molecule has 4 nitrogen and oxygen atoms in total. The Bertz CT molecular complexity index is 709. The molecule has 0 aromatic carbocycles. The molecule has 8 heteroatoms. The number of aryl methyl sites for hydroxylation is 2. The van der Waals surface area contributed by atoms with E-state index in [9.17, 15) is 8.42 Å². The molecule has 2 heterocycles. The van der Waals surface area contributed by atoms with Crippen molar-refractivity contribution in [3.63, 3.8) is 0 Å². The smallest absolute Gasteiger partial charge is 0.262 e. The van der Waals surface area contributed by atoms with Crippen LogP contribution in [-0.2, 0) is 10.0 Å². The van der Waals surface area contributed by atoms with Gasteiger partial charge in [0.25, 0.3) is 10.0 Å². The Labute approximate surface area is 129 Å². The van der Waals surface area contributed by atoms with E-state index >= 15 is 0 Å². The normalized spacial score (nSPS) is 11.6. The second kappa shape index (κ2) is 5.40. The van der Waals surface area contributed by atoms with Gasteiger partial charge in [0.1, 0.15) is 10.0 Å². The number of hydrogen-bond acceptors (Lipinski definition) is 4. The molecular weight excluding hydrogens is 372 g/mol. The number of rotatable bonds is 3. The third kappa shape index (κ3) is 3.28. The summed E-state index contributed by atoms with van der Waals surface area (Å²) in [5, 5.41) is 0. The molecule has 0 fully saturated rings. The molecule has 0 bridgehead atoms. The zero-order chi connectivity index (χ0) is 14.2. The summed E-state index contributed by atoms with van der Waals surface area (Å²) in [6.45, 7) is 3.54. The third-order valence-corrected chi connectivity index (χ3v) is 6.18. The molecule has 0 aliphatic rings. The minimum absolute atomic E-state index is 0.180. The Hall–Kier alpha value is -0.630. The van der Waals surface area contributed by atoms with Crippen LogP contribution in [0, 0.1) is 13.8 Å². The first-order valence-electron chi connectivity index (χ1n) is 5.20. The molecule has 102 valence electrons. The number of nitrogens with zero attached hydrogens (tertiary/aromatic N) is 1. The zero-order valence-electron chi connectivity index (χ0n) is 10.1. The van der Waals surface area contributed by atoms with Crippen molar-refractivity contribution in [2.45, 2.75) is 18.1 Å². The largest absolute Gasteiger partial charge is 0.272 e. The van der Waals surface area contributed by atoms with Crippen molar-refractivity contribution in [2.24, 2.45) is 0 Å². The number of hydrogen-bond donors (Lipinski definition) is 1. The molecule has 0 aliphatic carbocycles. The van der Waals surface area contributed by atoms with Gasteiger partial charge in [0.15, 0.2) is 0 Å². The Morgan fingerprint density at radius 2 is 2.00 bits per heavy atom. The fraction of sp³-hybridized carbons (Fsp3) is 0.182. The predicted molar refractivity (Wildman–Crippen MR) is 81.5 cm³/mol. The summed E-state index contributed by atoms with van der Waals surface area (Å²) in [5.41, 5.74) is 1.48. The molecule has 2 aromatic rings. The number of nitrogens with one attached hydrogen (secondary N) is 1. The first kappa shape index (κ1) is 14.8. The maximum atomic E-state index is 12.2. The summed E-state index contributed by atoms with van der Waals surface area (Å²) in [6.07, 6.45) is 1.54. The monoisotopic (exact) mass is 380 g/mol. The van der Waals surface area contributed by atoms with Crippen molar-refractivity contribution in [3.05, 3.63) is 38.3 Å². The molecule has 2 rings (SSSR count). The van der Waals surface area contributed by atoms with Gasteiger partial charge in [-0.2, -0.15) is 0 Å². The van der Waals surface area contributed by atoms with Gasteiger partial charge in [0, 0.05) is 10.7 Å². The highest BCUT2D eigenvalue weighted by molar-refractivity contribution is 9.10. The van der Waals surface area contributed by atoms with Gasteiger partial charge in [-0.1, -0.05) is 11.6 Å². The van der Waals surface area contributed by atoms with E-state index in [4.69, 9.17) is 11.6 Å². The van der Waals surface area contributed by atoms with E-state index in [0.29, 0.717) is 10.2 Å². The van der Waals surface area contributed by atoms with Gasteiger partial charge in [-0.3, -0.25) is 4.72 Å². The van der Waals surface area contributed by atoms with E-state index in [0.717, 1.165) is 26.9 Å². The highest BCUT2D eigenvalue weighted by Crippen LogP contribution is 2.31. The lowest BCUT2D eigenvalue weighted by molar-refractivity contribution is 0.603. The van der Waals surface area contributed by atoms with E-state index in [1.807, 2.05) is 0 Å². The Morgan fingerprint density at radius 3 is 2.53 bits per heavy atom. The number of anilines is 1. The summed E-state index contributed by atoms with van der Waals surface area (Å²) in [6, 6.07) is 3.33. The van der Waals surface area contributed by atoms with Crippen molar-refractivity contribution in [3.8, 4) is 0 Å². The van der Waals surface area contributed by atoms with Crippen molar-refractivity contribution in [2.75, 3.05) is 4.72 Å². The topological polar surface area (TPSA) is 59.1 Å². The molecule has 0 amide bonds. The van der Waals surface area contributed by atoms with E-state index in [1.54, 1.807) is 26.0 Å². The standard InChI is InChI=1S/C11H10BrClN2O2S2/c1-6-4-9(18-10(6)13)19(16,17)15-11-7(2)3-8(12)5-14-11/h3-5H,1-2H3,(H,14,15). The first-order chi connectivity index (χ1) is 8.79. The Kier molecular flexibility index (Phi) is 4.20. The SMILES string of the molecule is Cc1cc(Br)cnc1NS(=O)(=O)c1cc(C)c(Cl)s1. The summed E-state index contributed by atoms with van der Waals surface area (Å²) in [5.74, 6) is 0.311. The van der Waals surface area contributed by atoms with E-state index in [1.165, 1.54) is 6.20 Å². The molecule has 0 radical (unpaired) electrons. The molecule has 0 saturated carbocycles. The van der Waals surface area contributed by atoms with Gasteiger partial charge in [0.05, 0.1) is 4.34 Å². The van der Waals surface area contributed by atoms with Crippen LogP contribution < -0.4 is 4.72 Å². The van der Waals surface area contributed by atoms with Gasteiger partial charge in [0.2, 0.25) is 0 Å². The van der Waals surface area contributed by atoms with Crippen LogP contribution in [0.4, 0.5) is 5.82 Å². The number of halogens is 2. The summed E-state index contributed by atoms with van der Waals surface area (Å²) >= 11 is 10.2. The maximum Gasteiger partial charge on any atom is 0.272 e. The van der Waals surface area contributed by atoms with Crippen LogP contribution in [0.1, 0.15) is 11.1 Å². The Morgan fingerprint density at radius 1 is 1.32 bits per heavy atom. The zero-order valence-corrected chi connectivity index (χ0v) is 14.0. The number of aromatic nitrogens is 1. The summed E-state index contributed by atoms with van der Waals surface area (Å²) in [7, 11) is -3.64. The van der Waals surface area contributed by atoms with Crippen molar-refractivity contribution >= 4 is 54.7 Å². The highest BCUT2D eigenvalue weighted by atomic mass is 79.9. The van der Waals surface area contributed by atoms with Crippen LogP contribution in [0.2, 0.25) is 4.34 Å². The number of sulfonamides is 1. The maximum absolute atomic E-state index is 12.2. The van der Waals surface area contributed by atoms with Crippen molar-refractivity contribution in [1.82, 2.24) is 4.98 Å². The lowest BCUT2D eigenvalue weighted by Gasteiger charge is -2.08. The third-order valence-electron chi connectivity index (χ3n) is 2.38. The number of thiophene rings is 1. The Balaban J connectivity index is 2.36. The van der Waals surface area contributed by atoms with E-state index < -0.39 is 10.0 Å². The molecule has 2 aromatic heterocycles. The second-order valence-corrected chi connectivity index (χ2v) is 8.43. The highest BCUT2D eigenvalue weighted by Gasteiger charge is 2.19. The fourth-order valence-corrected chi connectivity index (χ4v) is 4.62. The van der Waals surface area contributed by atoms with Crippen molar-refractivity contribution in [1.29, 1.82) is 0 Å². The van der Waals surface area contributed by atoms with Gasteiger partial charge in [-0.25, -0.2) is 13.4 Å². The molecule has 0 saturated heterocycles. The lowest BCUT2D eigenvalue weighted by atomic mass is 10.3. The van der Waals surface area contributed by atoms with E-state index in [2.05, 4.69) is 25.6 Å². The molecule has 0 spiro atoms. The fourth-order valence-electron chi connectivity index (χ4n) is 1.39. The van der Waals surface area contributed by atoms with Crippen LogP contribution >= 0.6 is 38.9 Å². The van der Waals surface area contributed by atoms with Crippen LogP contribution in [-0.4, -0.2) is 13.4 Å². The van der Waals surface area contributed by atoms with Gasteiger partial charge in [-0.05, 0) is 53.0 Å². The minimum atomic E-state index is -3.64. The van der Waals surface area contributed by atoms with Gasteiger partial charge < -0.3 is 0 Å². The minimum Gasteiger partial charge on any atom is -0.262 e. The molecule has 0 aliphatic heterocycles. The van der Waals surface area contributed by atoms with Crippen LogP contribution in [0.5, 0.6) is 0 Å². The van der Waals surface area contributed by atoms with Crippen molar-refractivity contribution < 1.29 is 8.42 Å². The lowest BCUT2D eigenvalue weighted by Crippen LogP contribution is -2.13. The van der Waals surface area contributed by atoms with Crippen LogP contribution in [0.15, 0.2) is 27.0 Å². The van der Waals surface area contributed by atoms with Gasteiger partial charge >= 0.3 is 0 Å². The van der Waals surface area contributed by atoms with Gasteiger partial charge in [-0.15, -0.1) is 11.3 Å². The molecule has 0 atom stereocenters. The summed E-state index contributed by atoms with van der Waals surface area (Å²) < 4.78 is 28.3. The average Bonchev–Trinajstić information content (AvgIpc) is 2.64. The number of pyridine rings is 1.